The Balaban J connectivity index is 2.14. The molecule has 1 fully saturated rings. The van der Waals surface area contributed by atoms with E-state index in [2.05, 4.69) is 4.74 Å². The Morgan fingerprint density at radius 2 is 2.00 bits per heavy atom. The number of esters is 2. The van der Waals surface area contributed by atoms with Crippen molar-refractivity contribution in [1.29, 1.82) is 0 Å². The van der Waals surface area contributed by atoms with Crippen molar-refractivity contribution >= 4 is 18.0 Å². The normalized spacial score (nSPS) is 19.0. The number of carbonyl (C=O) groups is 3. The number of hydrogen-bond acceptors (Lipinski definition) is 5. The lowest BCUT2D eigenvalue weighted by Crippen LogP contribution is -2.47. The molecule has 1 heterocycles. The van der Waals surface area contributed by atoms with Crippen LogP contribution in [0.15, 0.2) is 30.3 Å². The minimum Gasteiger partial charge on any atom is -0.464 e. The van der Waals surface area contributed by atoms with E-state index < -0.39 is 30.1 Å². The van der Waals surface area contributed by atoms with Crippen molar-refractivity contribution in [3.8, 4) is 0 Å². The minimum absolute atomic E-state index is 0.214. The molecule has 2 atom stereocenters. The molecule has 1 aromatic carbocycles. The molecule has 0 spiro atoms. The van der Waals surface area contributed by atoms with Gasteiger partial charge < -0.3 is 9.47 Å². The van der Waals surface area contributed by atoms with Crippen LogP contribution in [0.1, 0.15) is 25.8 Å². The van der Waals surface area contributed by atoms with E-state index in [4.69, 9.17) is 4.74 Å². The lowest BCUT2D eigenvalue weighted by Gasteiger charge is -2.26. The van der Waals surface area contributed by atoms with Gasteiger partial charge in [-0.15, -0.1) is 0 Å². The summed E-state index contributed by atoms with van der Waals surface area (Å²) in [7, 11) is 0. The topological polar surface area (TPSA) is 72.9 Å². The highest BCUT2D eigenvalue weighted by molar-refractivity contribution is 5.97. The first-order valence-electron chi connectivity index (χ1n) is 7.29. The predicted octanol–water partition coefficient (Wildman–Crippen LogP) is 1.92. The van der Waals surface area contributed by atoms with Crippen LogP contribution in [0.5, 0.6) is 0 Å². The summed E-state index contributed by atoms with van der Waals surface area (Å²) in [5.41, 5.74) is 1.04. The fourth-order valence-corrected chi connectivity index (χ4v) is 2.45. The zero-order valence-electron chi connectivity index (χ0n) is 12.7. The van der Waals surface area contributed by atoms with Crippen molar-refractivity contribution in [2.45, 2.75) is 38.8 Å². The average molecular weight is 305 g/mol. The largest absolute Gasteiger partial charge is 0.464 e. The Hall–Kier alpha value is -2.37. The lowest BCUT2D eigenvalue weighted by molar-refractivity contribution is -0.149. The van der Waals surface area contributed by atoms with Crippen LogP contribution in [0, 0.1) is 0 Å². The highest BCUT2D eigenvalue weighted by Crippen LogP contribution is 2.21. The fraction of sp³-hybridized carbons (Fsp3) is 0.438. The van der Waals surface area contributed by atoms with Crippen LogP contribution >= 0.6 is 0 Å². The quantitative estimate of drug-likeness (QED) is 0.593. The zero-order chi connectivity index (χ0) is 16.1. The van der Waals surface area contributed by atoms with Gasteiger partial charge in [-0.2, -0.15) is 0 Å². The molecule has 1 aliphatic rings. The average Bonchev–Trinajstić information content (AvgIpc) is 2.75. The van der Waals surface area contributed by atoms with Gasteiger partial charge in [0.15, 0.2) is 0 Å². The van der Waals surface area contributed by atoms with Crippen molar-refractivity contribution < 1.29 is 23.9 Å². The third-order valence-electron chi connectivity index (χ3n) is 3.60. The van der Waals surface area contributed by atoms with Crippen molar-refractivity contribution in [2.75, 3.05) is 6.61 Å². The number of benzene rings is 1. The first kappa shape index (κ1) is 16.0. The van der Waals surface area contributed by atoms with Crippen molar-refractivity contribution in [2.24, 2.45) is 0 Å². The number of ether oxygens (including phenoxy) is 2. The number of hydrogen-bond donors (Lipinski definition) is 0. The molecular formula is C16H19NO5. The summed E-state index contributed by atoms with van der Waals surface area (Å²) in [6.07, 6.45) is 0.175. The van der Waals surface area contributed by atoms with Crippen LogP contribution in [0.25, 0.3) is 0 Å². The molecule has 2 rings (SSSR count). The lowest BCUT2D eigenvalue weighted by atomic mass is 10.0. The second kappa shape index (κ2) is 7.06. The zero-order valence-corrected chi connectivity index (χ0v) is 12.7. The highest BCUT2D eigenvalue weighted by atomic mass is 16.6. The van der Waals surface area contributed by atoms with E-state index in [-0.39, 0.29) is 6.61 Å². The van der Waals surface area contributed by atoms with E-state index in [1.54, 1.807) is 13.8 Å². The first-order chi connectivity index (χ1) is 10.5. The van der Waals surface area contributed by atoms with Gasteiger partial charge in [0.25, 0.3) is 0 Å². The monoisotopic (exact) mass is 305 g/mol. The van der Waals surface area contributed by atoms with E-state index in [0.29, 0.717) is 12.8 Å². The van der Waals surface area contributed by atoms with Gasteiger partial charge in [-0.25, -0.2) is 14.4 Å². The van der Waals surface area contributed by atoms with Crippen molar-refractivity contribution in [1.82, 2.24) is 4.90 Å². The Morgan fingerprint density at radius 1 is 1.32 bits per heavy atom. The summed E-state index contributed by atoms with van der Waals surface area (Å²) < 4.78 is 9.62. The molecule has 1 aliphatic heterocycles. The van der Waals surface area contributed by atoms with Gasteiger partial charge in [-0.05, 0) is 32.3 Å². The highest BCUT2D eigenvalue weighted by Gasteiger charge is 2.45. The number of carbonyl (C=O) groups excluding carboxylic acids is 3. The molecule has 0 aliphatic carbocycles. The Morgan fingerprint density at radius 3 is 2.55 bits per heavy atom. The molecule has 22 heavy (non-hydrogen) atoms. The molecular weight excluding hydrogens is 286 g/mol. The Bertz CT molecular complexity index is 557. The Kier molecular flexibility index (Phi) is 5.14. The standard InChI is InChI=1S/C16H19NO5/c1-3-21-15(19)13(10-9-12-7-5-4-6-8-12)17-11(2)14(18)22-16(17)20/h4-8,11,13H,3,9-10H2,1-2H3/t11-,13-/m0/s1. The summed E-state index contributed by atoms with van der Waals surface area (Å²) in [6, 6.07) is 8.01. The van der Waals surface area contributed by atoms with Crippen LogP contribution in [0.4, 0.5) is 4.79 Å². The third kappa shape index (κ3) is 3.44. The van der Waals surface area contributed by atoms with E-state index in [1.807, 2.05) is 30.3 Å². The number of amides is 1. The Labute approximate surface area is 129 Å². The SMILES string of the molecule is CCOC(=O)[C@H](CCc1ccccc1)N1C(=O)OC(=O)[C@@H]1C. The summed E-state index contributed by atoms with van der Waals surface area (Å²) in [6.45, 7) is 3.46. The summed E-state index contributed by atoms with van der Waals surface area (Å²) in [5.74, 6) is -1.16. The molecule has 0 N–H and O–H groups in total. The maximum absolute atomic E-state index is 12.2. The van der Waals surface area contributed by atoms with E-state index in [0.717, 1.165) is 5.56 Å². The van der Waals surface area contributed by atoms with Gasteiger partial charge >= 0.3 is 18.0 Å². The summed E-state index contributed by atoms with van der Waals surface area (Å²) in [4.78, 5) is 36.7. The molecule has 0 radical (unpaired) electrons. The molecule has 6 nitrogen and oxygen atoms in total. The maximum Gasteiger partial charge on any atom is 0.419 e. The third-order valence-corrected chi connectivity index (χ3v) is 3.60. The van der Waals surface area contributed by atoms with Crippen LogP contribution in [0.3, 0.4) is 0 Å². The van der Waals surface area contributed by atoms with Crippen LogP contribution in [-0.2, 0) is 25.5 Å². The smallest absolute Gasteiger partial charge is 0.419 e. The first-order valence-corrected chi connectivity index (χ1v) is 7.29. The molecule has 6 heteroatoms. The maximum atomic E-state index is 12.2. The molecule has 0 unspecified atom stereocenters. The molecule has 0 aromatic heterocycles. The van der Waals surface area contributed by atoms with Crippen LogP contribution < -0.4 is 0 Å². The number of cyclic esters (lactones) is 2. The predicted molar refractivity (Wildman–Crippen MR) is 78.0 cm³/mol. The number of aryl methyl sites for hydroxylation is 1. The summed E-state index contributed by atoms with van der Waals surface area (Å²) in [5, 5.41) is 0. The molecule has 1 amide bonds. The van der Waals surface area contributed by atoms with E-state index in [1.165, 1.54) is 4.90 Å². The number of nitrogens with zero attached hydrogens (tertiary/aromatic N) is 1. The fourth-order valence-electron chi connectivity index (χ4n) is 2.45. The number of rotatable bonds is 6. The van der Waals surface area contributed by atoms with Gasteiger partial charge in [-0.1, -0.05) is 30.3 Å². The second-order valence-corrected chi connectivity index (χ2v) is 5.06. The molecule has 0 saturated carbocycles. The van der Waals surface area contributed by atoms with Gasteiger partial charge in [0, 0.05) is 0 Å². The van der Waals surface area contributed by atoms with Gasteiger partial charge in [0.1, 0.15) is 12.1 Å². The van der Waals surface area contributed by atoms with E-state index in [9.17, 15) is 14.4 Å². The van der Waals surface area contributed by atoms with E-state index >= 15 is 0 Å². The van der Waals surface area contributed by atoms with Crippen molar-refractivity contribution in [3.63, 3.8) is 0 Å². The van der Waals surface area contributed by atoms with Crippen LogP contribution in [0.2, 0.25) is 0 Å². The summed E-state index contributed by atoms with van der Waals surface area (Å²) >= 11 is 0. The van der Waals surface area contributed by atoms with Crippen molar-refractivity contribution in [3.05, 3.63) is 35.9 Å². The second-order valence-electron chi connectivity index (χ2n) is 5.06. The molecule has 1 aromatic rings. The minimum atomic E-state index is -0.825. The van der Waals surface area contributed by atoms with Crippen LogP contribution in [-0.4, -0.2) is 41.6 Å². The van der Waals surface area contributed by atoms with Gasteiger partial charge in [-0.3, -0.25) is 4.90 Å². The van der Waals surface area contributed by atoms with Gasteiger partial charge in [0.2, 0.25) is 0 Å². The molecule has 1 saturated heterocycles. The molecule has 0 bridgehead atoms. The molecule has 118 valence electrons. The van der Waals surface area contributed by atoms with Gasteiger partial charge in [0.05, 0.1) is 6.61 Å².